The first-order chi connectivity index (χ1) is 14.3. The summed E-state index contributed by atoms with van der Waals surface area (Å²) in [5.74, 6) is 1.45. The molecule has 0 saturated carbocycles. The second-order valence-electron chi connectivity index (χ2n) is 8.42. The highest BCUT2D eigenvalue weighted by molar-refractivity contribution is 7.99. The van der Waals surface area contributed by atoms with Gasteiger partial charge in [0.25, 0.3) is 5.56 Å². The second-order valence-corrected chi connectivity index (χ2v) is 10.3. The molecule has 3 heterocycles. The fourth-order valence-electron chi connectivity index (χ4n) is 4.26. The van der Waals surface area contributed by atoms with E-state index in [1.165, 1.54) is 29.5 Å². The van der Waals surface area contributed by atoms with Gasteiger partial charge in [-0.15, -0.1) is 11.3 Å². The number of fused-ring (bicyclic) bond motifs is 1. The Kier molecular flexibility index (Phi) is 6.02. The quantitative estimate of drug-likeness (QED) is 0.436. The van der Waals surface area contributed by atoms with Crippen molar-refractivity contribution in [3.63, 3.8) is 0 Å². The lowest BCUT2D eigenvalue weighted by atomic mass is 9.92. The van der Waals surface area contributed by atoms with Gasteiger partial charge in [0.1, 0.15) is 4.70 Å². The molecule has 5 nitrogen and oxygen atoms in total. The second kappa shape index (κ2) is 8.55. The Morgan fingerprint density at radius 2 is 1.93 bits per heavy atom. The van der Waals surface area contributed by atoms with Gasteiger partial charge in [-0.1, -0.05) is 37.7 Å². The summed E-state index contributed by atoms with van der Waals surface area (Å²) in [6, 6.07) is 7.81. The summed E-state index contributed by atoms with van der Waals surface area (Å²) in [5.41, 5.74) is 3.62. The zero-order valence-electron chi connectivity index (χ0n) is 17.8. The van der Waals surface area contributed by atoms with Gasteiger partial charge in [-0.2, -0.15) is 0 Å². The van der Waals surface area contributed by atoms with Crippen LogP contribution in [0.2, 0.25) is 0 Å². The first-order valence-corrected chi connectivity index (χ1v) is 12.2. The van der Waals surface area contributed by atoms with Crippen molar-refractivity contribution in [1.82, 2.24) is 14.5 Å². The number of rotatable bonds is 4. The third kappa shape index (κ3) is 4.05. The van der Waals surface area contributed by atoms with Crippen LogP contribution in [0, 0.1) is 25.7 Å². The Hall–Kier alpha value is -2.12. The molecule has 3 aromatic rings. The van der Waals surface area contributed by atoms with Crippen LogP contribution in [0.4, 0.5) is 0 Å². The van der Waals surface area contributed by atoms with Gasteiger partial charge in [-0.05, 0) is 60.7 Å². The van der Waals surface area contributed by atoms with E-state index in [4.69, 9.17) is 4.98 Å². The summed E-state index contributed by atoms with van der Waals surface area (Å²) < 4.78 is 2.32. The summed E-state index contributed by atoms with van der Waals surface area (Å²) in [4.78, 5) is 33.0. The molecule has 2 aromatic heterocycles. The van der Waals surface area contributed by atoms with Crippen molar-refractivity contribution in [2.24, 2.45) is 11.8 Å². The van der Waals surface area contributed by atoms with Crippen molar-refractivity contribution in [2.45, 2.75) is 39.3 Å². The fourth-order valence-corrected chi connectivity index (χ4v) is 5.93. The molecule has 0 spiro atoms. The number of carbonyl (C=O) groups excluding carboxylic acids is 1. The smallest absolute Gasteiger partial charge is 0.276 e. The number of aryl methyl sites for hydroxylation is 1. The topological polar surface area (TPSA) is 55.2 Å². The number of thioether (sulfide) groups is 1. The Balaban J connectivity index is 1.69. The van der Waals surface area contributed by atoms with Crippen LogP contribution in [0.3, 0.4) is 0 Å². The number of amides is 1. The predicted octanol–water partition coefficient (Wildman–Crippen LogP) is 4.66. The molecule has 1 aromatic carbocycles. The summed E-state index contributed by atoms with van der Waals surface area (Å²) in [6.45, 7) is 10.1. The fraction of sp³-hybridized carbons (Fsp3) is 0.435. The molecule has 0 aliphatic carbocycles. The van der Waals surface area contributed by atoms with Crippen LogP contribution in [0.25, 0.3) is 15.9 Å². The van der Waals surface area contributed by atoms with Crippen LogP contribution in [0.5, 0.6) is 0 Å². The molecule has 1 fully saturated rings. The Morgan fingerprint density at radius 1 is 1.20 bits per heavy atom. The SMILES string of the molecule is Cc1cccc(-n2c(SCC(=O)N3C[C@H](C)C[C@@H](C)C3)nc3ccsc3c2=O)c1C. The molecule has 0 bridgehead atoms. The number of thiophene rings is 1. The number of likely N-dealkylation sites (tertiary alicyclic amines) is 1. The molecule has 1 saturated heterocycles. The number of benzene rings is 1. The highest BCUT2D eigenvalue weighted by Gasteiger charge is 2.26. The Bertz CT molecular complexity index is 1140. The van der Waals surface area contributed by atoms with Gasteiger partial charge in [0.2, 0.25) is 5.91 Å². The number of nitrogens with zero attached hydrogens (tertiary/aromatic N) is 3. The van der Waals surface area contributed by atoms with Crippen molar-refractivity contribution in [2.75, 3.05) is 18.8 Å². The molecule has 30 heavy (non-hydrogen) atoms. The maximum Gasteiger partial charge on any atom is 0.276 e. The molecule has 0 radical (unpaired) electrons. The number of carbonyl (C=O) groups is 1. The molecule has 158 valence electrons. The average molecular weight is 442 g/mol. The lowest BCUT2D eigenvalue weighted by Gasteiger charge is -2.35. The number of hydrogen-bond donors (Lipinski definition) is 0. The molecule has 1 aliphatic heterocycles. The van der Waals surface area contributed by atoms with E-state index in [-0.39, 0.29) is 17.2 Å². The third-order valence-corrected chi connectivity index (χ3v) is 7.63. The summed E-state index contributed by atoms with van der Waals surface area (Å²) in [7, 11) is 0. The van der Waals surface area contributed by atoms with Gasteiger partial charge in [-0.3, -0.25) is 14.2 Å². The molecule has 7 heteroatoms. The van der Waals surface area contributed by atoms with E-state index in [1.807, 2.05) is 48.4 Å². The van der Waals surface area contributed by atoms with Crippen LogP contribution in [0.1, 0.15) is 31.4 Å². The minimum absolute atomic E-state index is 0.0705. The maximum atomic E-state index is 13.3. The highest BCUT2D eigenvalue weighted by Crippen LogP contribution is 2.27. The first kappa shape index (κ1) is 21.1. The monoisotopic (exact) mass is 441 g/mol. The zero-order chi connectivity index (χ0) is 21.4. The van der Waals surface area contributed by atoms with Crippen molar-refractivity contribution >= 4 is 39.2 Å². The van der Waals surface area contributed by atoms with E-state index < -0.39 is 0 Å². The zero-order valence-corrected chi connectivity index (χ0v) is 19.5. The van der Waals surface area contributed by atoms with E-state index in [0.717, 1.165) is 29.9 Å². The normalized spacial score (nSPS) is 19.4. The van der Waals surface area contributed by atoms with Crippen molar-refractivity contribution in [3.8, 4) is 5.69 Å². The van der Waals surface area contributed by atoms with E-state index in [1.54, 1.807) is 4.57 Å². The highest BCUT2D eigenvalue weighted by atomic mass is 32.2. The Labute approximate surface area is 185 Å². The minimum atomic E-state index is -0.0705. The lowest BCUT2D eigenvalue weighted by Crippen LogP contribution is -2.43. The maximum absolute atomic E-state index is 13.3. The average Bonchev–Trinajstić information content (AvgIpc) is 3.17. The van der Waals surface area contributed by atoms with Gasteiger partial charge in [0, 0.05) is 13.1 Å². The first-order valence-electron chi connectivity index (χ1n) is 10.3. The van der Waals surface area contributed by atoms with E-state index in [9.17, 15) is 9.59 Å². The summed E-state index contributed by atoms with van der Waals surface area (Å²) >= 11 is 2.77. The van der Waals surface area contributed by atoms with Crippen LogP contribution >= 0.6 is 23.1 Å². The number of aromatic nitrogens is 2. The van der Waals surface area contributed by atoms with Gasteiger partial charge in [0.15, 0.2) is 5.16 Å². The summed E-state index contributed by atoms with van der Waals surface area (Å²) in [5, 5.41) is 2.47. The van der Waals surface area contributed by atoms with Crippen LogP contribution in [0.15, 0.2) is 39.6 Å². The van der Waals surface area contributed by atoms with Crippen molar-refractivity contribution in [1.29, 1.82) is 0 Å². The third-order valence-electron chi connectivity index (χ3n) is 5.81. The van der Waals surface area contributed by atoms with Gasteiger partial charge < -0.3 is 4.90 Å². The molecule has 0 unspecified atom stereocenters. The molecular formula is C23H27N3O2S2. The molecule has 1 aliphatic rings. The number of hydrogen-bond acceptors (Lipinski definition) is 5. The van der Waals surface area contributed by atoms with Gasteiger partial charge >= 0.3 is 0 Å². The van der Waals surface area contributed by atoms with Crippen LogP contribution in [-0.2, 0) is 4.79 Å². The van der Waals surface area contributed by atoms with Crippen LogP contribution < -0.4 is 5.56 Å². The van der Waals surface area contributed by atoms with E-state index >= 15 is 0 Å². The molecular weight excluding hydrogens is 414 g/mol. The van der Waals surface area contributed by atoms with Crippen molar-refractivity contribution < 1.29 is 4.79 Å². The Morgan fingerprint density at radius 3 is 2.67 bits per heavy atom. The standard InChI is InChI=1S/C23H27N3O2S2/c1-14-10-15(2)12-25(11-14)20(27)13-30-23-24-18-8-9-29-21(18)22(28)26(23)19-7-5-6-16(3)17(19)4/h5-9,14-15H,10-13H2,1-4H3/t14-,15-/m1/s1. The lowest BCUT2D eigenvalue weighted by molar-refractivity contribution is -0.130. The molecule has 1 amide bonds. The van der Waals surface area contributed by atoms with Gasteiger partial charge in [0.05, 0.1) is 17.0 Å². The largest absolute Gasteiger partial charge is 0.341 e. The summed E-state index contributed by atoms with van der Waals surface area (Å²) in [6.07, 6.45) is 1.17. The number of piperidine rings is 1. The molecule has 0 N–H and O–H groups in total. The van der Waals surface area contributed by atoms with Gasteiger partial charge in [-0.25, -0.2) is 4.98 Å². The molecule has 4 rings (SSSR count). The predicted molar refractivity (Wildman–Crippen MR) is 125 cm³/mol. The molecule has 2 atom stereocenters. The van der Waals surface area contributed by atoms with E-state index in [0.29, 0.717) is 27.2 Å². The minimum Gasteiger partial charge on any atom is -0.341 e. The van der Waals surface area contributed by atoms with Crippen LogP contribution in [-0.4, -0.2) is 39.2 Å². The van der Waals surface area contributed by atoms with E-state index in [2.05, 4.69) is 13.8 Å². The van der Waals surface area contributed by atoms with Crippen molar-refractivity contribution in [3.05, 3.63) is 51.1 Å².